The third-order valence-corrected chi connectivity index (χ3v) is 5.07. The summed E-state index contributed by atoms with van der Waals surface area (Å²) < 4.78 is 16.7. The quantitative estimate of drug-likeness (QED) is 0.505. The van der Waals surface area contributed by atoms with Crippen LogP contribution in [-0.2, 0) is 14.3 Å². The molecule has 32 heavy (non-hydrogen) atoms. The first kappa shape index (κ1) is 25.0. The van der Waals surface area contributed by atoms with E-state index in [0.717, 1.165) is 0 Å². The number of hydrogen-bond donors (Lipinski definition) is 2. The molecule has 0 fully saturated rings. The van der Waals surface area contributed by atoms with Crippen molar-refractivity contribution in [1.82, 2.24) is 15.5 Å². The van der Waals surface area contributed by atoms with E-state index in [1.165, 1.54) is 0 Å². The van der Waals surface area contributed by atoms with Gasteiger partial charge in [0.25, 0.3) is 5.91 Å². The van der Waals surface area contributed by atoms with Gasteiger partial charge >= 0.3 is 12.0 Å². The van der Waals surface area contributed by atoms with E-state index in [-0.39, 0.29) is 19.1 Å². The van der Waals surface area contributed by atoms with E-state index in [1.54, 1.807) is 30.0 Å². The van der Waals surface area contributed by atoms with Crippen molar-refractivity contribution >= 4 is 17.9 Å². The molecule has 1 heterocycles. The minimum Gasteiger partial charge on any atom is -0.490 e. The van der Waals surface area contributed by atoms with Crippen LogP contribution in [0.3, 0.4) is 0 Å². The number of esters is 1. The Morgan fingerprint density at radius 3 is 2.31 bits per heavy atom. The van der Waals surface area contributed by atoms with Crippen LogP contribution in [-0.4, -0.2) is 55.7 Å². The van der Waals surface area contributed by atoms with Crippen molar-refractivity contribution in [2.24, 2.45) is 0 Å². The fraction of sp³-hybridized carbons (Fsp3) is 0.522. The molecule has 0 saturated heterocycles. The molecule has 9 nitrogen and oxygen atoms in total. The highest BCUT2D eigenvalue weighted by atomic mass is 16.5. The third-order valence-electron chi connectivity index (χ3n) is 5.07. The van der Waals surface area contributed by atoms with E-state index in [0.29, 0.717) is 54.4 Å². The van der Waals surface area contributed by atoms with Crippen molar-refractivity contribution in [3.63, 3.8) is 0 Å². The molecule has 1 aromatic carbocycles. The molecule has 2 rings (SSSR count). The van der Waals surface area contributed by atoms with Gasteiger partial charge in [-0.05, 0) is 51.8 Å². The Morgan fingerprint density at radius 1 is 1.00 bits per heavy atom. The fourth-order valence-electron chi connectivity index (χ4n) is 3.50. The number of rotatable bonds is 11. The number of nitrogens with zero attached hydrogens (tertiary/aromatic N) is 1. The first-order chi connectivity index (χ1) is 15.4. The second-order valence-corrected chi connectivity index (χ2v) is 6.99. The molecule has 1 aliphatic rings. The van der Waals surface area contributed by atoms with E-state index < -0.39 is 18.0 Å². The normalized spacial score (nSPS) is 15.5. The summed E-state index contributed by atoms with van der Waals surface area (Å²) in [6.07, 6.45) is 0.463. The molecule has 0 spiro atoms. The molecule has 0 bridgehead atoms. The number of carbonyl (C=O) groups excluding carboxylic acids is 3. The Labute approximate surface area is 189 Å². The van der Waals surface area contributed by atoms with Crippen molar-refractivity contribution in [2.45, 2.75) is 47.1 Å². The van der Waals surface area contributed by atoms with Crippen molar-refractivity contribution in [3.8, 4) is 11.5 Å². The maximum Gasteiger partial charge on any atom is 0.338 e. The van der Waals surface area contributed by atoms with Gasteiger partial charge in [-0.15, -0.1) is 0 Å². The van der Waals surface area contributed by atoms with Gasteiger partial charge < -0.3 is 29.7 Å². The Hall–Kier alpha value is -3.23. The number of amides is 3. The predicted molar refractivity (Wildman–Crippen MR) is 119 cm³/mol. The molecular formula is C23H33N3O6. The van der Waals surface area contributed by atoms with Crippen LogP contribution in [0, 0.1) is 0 Å². The number of nitrogens with one attached hydrogen (secondary N) is 2. The monoisotopic (exact) mass is 447 g/mol. The Kier molecular flexibility index (Phi) is 9.37. The molecule has 1 unspecified atom stereocenters. The molecule has 1 aromatic rings. The lowest BCUT2D eigenvalue weighted by Gasteiger charge is -2.29. The highest BCUT2D eigenvalue weighted by Gasteiger charge is 2.33. The average Bonchev–Trinajstić information content (AvgIpc) is 2.78. The topological polar surface area (TPSA) is 106 Å². The zero-order valence-corrected chi connectivity index (χ0v) is 19.4. The molecule has 2 N–H and O–H groups in total. The van der Waals surface area contributed by atoms with Gasteiger partial charge in [0.1, 0.15) is 0 Å². The van der Waals surface area contributed by atoms with Crippen LogP contribution < -0.4 is 20.1 Å². The summed E-state index contributed by atoms with van der Waals surface area (Å²) in [5, 5.41) is 5.48. The molecule has 0 aromatic heterocycles. The molecular weight excluding hydrogens is 414 g/mol. The molecule has 0 aliphatic carbocycles. The molecule has 0 radical (unpaired) electrons. The Balaban J connectivity index is 2.37. The van der Waals surface area contributed by atoms with Crippen LogP contribution in [0.25, 0.3) is 0 Å². The van der Waals surface area contributed by atoms with Gasteiger partial charge in [0, 0.05) is 18.8 Å². The number of urea groups is 1. The highest BCUT2D eigenvalue weighted by Crippen LogP contribution is 2.35. The van der Waals surface area contributed by atoms with Gasteiger partial charge in [-0.3, -0.25) is 4.79 Å². The predicted octanol–water partition coefficient (Wildman–Crippen LogP) is 2.91. The zero-order chi connectivity index (χ0) is 23.7. The molecule has 1 atom stereocenters. The van der Waals surface area contributed by atoms with E-state index in [2.05, 4.69) is 10.6 Å². The highest BCUT2D eigenvalue weighted by molar-refractivity contribution is 5.95. The number of carbonyl (C=O) groups is 3. The van der Waals surface area contributed by atoms with E-state index in [4.69, 9.17) is 14.2 Å². The van der Waals surface area contributed by atoms with Crippen LogP contribution in [0.5, 0.6) is 11.5 Å². The first-order valence-corrected chi connectivity index (χ1v) is 11.0. The fourth-order valence-corrected chi connectivity index (χ4v) is 3.50. The minimum atomic E-state index is -0.705. The summed E-state index contributed by atoms with van der Waals surface area (Å²) in [7, 11) is 0. The van der Waals surface area contributed by atoms with Crippen molar-refractivity contribution in [3.05, 3.63) is 35.0 Å². The summed E-state index contributed by atoms with van der Waals surface area (Å²) >= 11 is 0. The zero-order valence-electron chi connectivity index (χ0n) is 19.4. The number of likely N-dealkylation sites (N-methyl/N-ethyl adjacent to an activating group) is 1. The number of benzene rings is 1. The second kappa shape index (κ2) is 12.0. The van der Waals surface area contributed by atoms with Crippen LogP contribution in [0.2, 0.25) is 0 Å². The van der Waals surface area contributed by atoms with E-state index >= 15 is 0 Å². The van der Waals surface area contributed by atoms with Gasteiger partial charge in [-0.2, -0.15) is 0 Å². The Bertz CT molecular complexity index is 863. The smallest absolute Gasteiger partial charge is 0.338 e. The minimum absolute atomic E-state index is 0.112. The first-order valence-electron chi connectivity index (χ1n) is 11.0. The lowest BCUT2D eigenvalue weighted by Crippen LogP contribution is -2.45. The van der Waals surface area contributed by atoms with Crippen LogP contribution in [0.15, 0.2) is 29.5 Å². The van der Waals surface area contributed by atoms with Gasteiger partial charge in [-0.1, -0.05) is 13.0 Å². The molecule has 176 valence electrons. The average molecular weight is 448 g/mol. The van der Waals surface area contributed by atoms with Crippen molar-refractivity contribution in [1.29, 1.82) is 0 Å². The van der Waals surface area contributed by atoms with Crippen molar-refractivity contribution < 1.29 is 28.6 Å². The van der Waals surface area contributed by atoms with Gasteiger partial charge in [0.2, 0.25) is 0 Å². The standard InChI is InChI=1S/C23H33N3O6/c1-6-16-20(22(28)31-10-5)21(25-23(29)24-16)15-11-12-17(18(13-15)30-9-4)32-14-19(27)26(7-2)8-3/h11-13,21H,6-10,14H2,1-5H3,(H2,24,25,29). The molecule has 9 heteroatoms. The Morgan fingerprint density at radius 2 is 1.72 bits per heavy atom. The van der Waals surface area contributed by atoms with Gasteiger partial charge in [-0.25, -0.2) is 9.59 Å². The van der Waals surface area contributed by atoms with Crippen molar-refractivity contribution in [2.75, 3.05) is 32.9 Å². The SMILES string of the molecule is CCOC(=O)C1=C(CC)NC(=O)NC1c1ccc(OCC(=O)N(CC)CC)c(OCC)c1. The molecule has 0 saturated carbocycles. The largest absolute Gasteiger partial charge is 0.490 e. The summed E-state index contributed by atoms with van der Waals surface area (Å²) in [5.41, 5.74) is 1.50. The number of hydrogen-bond acceptors (Lipinski definition) is 6. The maximum atomic E-state index is 12.7. The second-order valence-electron chi connectivity index (χ2n) is 6.99. The van der Waals surface area contributed by atoms with Crippen LogP contribution >= 0.6 is 0 Å². The summed E-state index contributed by atoms with van der Waals surface area (Å²) in [5.74, 6) is 0.220. The van der Waals surface area contributed by atoms with E-state index in [9.17, 15) is 14.4 Å². The third kappa shape index (κ3) is 5.93. The number of ether oxygens (including phenoxy) is 3. The van der Waals surface area contributed by atoms with Crippen LogP contribution in [0.4, 0.5) is 4.79 Å². The van der Waals surface area contributed by atoms with Gasteiger partial charge in [0.05, 0.1) is 24.8 Å². The summed E-state index contributed by atoms with van der Waals surface area (Å²) in [6.45, 7) is 10.9. The molecule has 3 amide bonds. The van der Waals surface area contributed by atoms with Crippen LogP contribution in [0.1, 0.15) is 52.6 Å². The summed E-state index contributed by atoms with van der Waals surface area (Å²) in [6, 6.07) is 4.02. The lowest BCUT2D eigenvalue weighted by molar-refractivity contribution is -0.139. The summed E-state index contributed by atoms with van der Waals surface area (Å²) in [4.78, 5) is 38.9. The number of allylic oxidation sites excluding steroid dienone is 1. The van der Waals surface area contributed by atoms with E-state index in [1.807, 2.05) is 27.7 Å². The van der Waals surface area contributed by atoms with Gasteiger partial charge in [0.15, 0.2) is 18.1 Å². The lowest BCUT2D eigenvalue weighted by atomic mass is 9.94. The molecule has 1 aliphatic heterocycles. The maximum absolute atomic E-state index is 12.7.